The van der Waals surface area contributed by atoms with Crippen LogP contribution in [0.1, 0.15) is 22.2 Å². The number of carbonyl (C=O) groups excluding carboxylic acids is 1. The minimum Gasteiger partial charge on any atom is -0.368 e. The number of amides is 1. The first kappa shape index (κ1) is 16.3. The van der Waals surface area contributed by atoms with E-state index >= 15 is 0 Å². The number of hydrogen-bond acceptors (Lipinski definition) is 5. The molecular weight excluding hydrogens is 327 g/mol. The Morgan fingerprint density at radius 2 is 2.08 bits per heavy atom. The molecule has 0 saturated heterocycles. The highest BCUT2D eigenvalue weighted by atomic mass is 32.1. The van der Waals surface area contributed by atoms with E-state index in [1.54, 1.807) is 23.5 Å². The molecule has 2 heterocycles. The maximum atomic E-state index is 13.5. The molecule has 0 radical (unpaired) electrons. The van der Waals surface area contributed by atoms with Crippen molar-refractivity contribution in [2.24, 2.45) is 0 Å². The number of thiophene rings is 1. The smallest absolute Gasteiger partial charge is 0.254 e. The fourth-order valence-electron chi connectivity index (χ4n) is 2.32. The lowest BCUT2D eigenvalue weighted by atomic mass is 10.2. The van der Waals surface area contributed by atoms with Crippen molar-refractivity contribution >= 4 is 33.3 Å². The van der Waals surface area contributed by atoms with Crippen molar-refractivity contribution < 1.29 is 9.18 Å². The van der Waals surface area contributed by atoms with Crippen LogP contribution in [0.2, 0.25) is 0 Å². The van der Waals surface area contributed by atoms with Crippen molar-refractivity contribution in [3.63, 3.8) is 0 Å². The number of nitrogens with zero attached hydrogens (tertiary/aromatic N) is 2. The molecule has 7 heteroatoms. The van der Waals surface area contributed by atoms with Crippen molar-refractivity contribution in [2.45, 2.75) is 13.3 Å². The van der Waals surface area contributed by atoms with Crippen LogP contribution in [0.4, 0.5) is 10.2 Å². The van der Waals surface area contributed by atoms with Gasteiger partial charge < -0.3 is 10.6 Å². The van der Waals surface area contributed by atoms with Crippen molar-refractivity contribution in [3.05, 3.63) is 52.9 Å². The van der Waals surface area contributed by atoms with Gasteiger partial charge in [0, 0.05) is 18.0 Å². The molecule has 0 spiro atoms. The molecule has 0 aliphatic carbocycles. The molecule has 2 N–H and O–H groups in total. The summed E-state index contributed by atoms with van der Waals surface area (Å²) in [5.74, 6) is -0.200. The fraction of sp³-hybridized carbons (Fsp3) is 0.235. The third kappa shape index (κ3) is 3.51. The Labute approximate surface area is 143 Å². The van der Waals surface area contributed by atoms with E-state index < -0.39 is 11.7 Å². The molecule has 5 nitrogen and oxygen atoms in total. The highest BCUT2D eigenvalue weighted by molar-refractivity contribution is 7.18. The molecular formula is C17H17FN4OS. The van der Waals surface area contributed by atoms with Gasteiger partial charge in [0.2, 0.25) is 0 Å². The van der Waals surface area contributed by atoms with Crippen LogP contribution >= 0.6 is 11.3 Å². The van der Waals surface area contributed by atoms with Gasteiger partial charge in [-0.05, 0) is 24.6 Å². The van der Waals surface area contributed by atoms with Gasteiger partial charge in [-0.25, -0.2) is 14.4 Å². The minimum absolute atomic E-state index is 0.0485. The predicted molar refractivity (Wildman–Crippen MR) is 94.0 cm³/mol. The van der Waals surface area contributed by atoms with E-state index in [1.807, 2.05) is 0 Å². The monoisotopic (exact) mass is 344 g/mol. The van der Waals surface area contributed by atoms with E-state index in [1.165, 1.54) is 23.3 Å². The zero-order valence-electron chi connectivity index (χ0n) is 13.2. The largest absolute Gasteiger partial charge is 0.368 e. The summed E-state index contributed by atoms with van der Waals surface area (Å²) in [7, 11) is 0. The molecule has 0 fully saturated rings. The molecule has 24 heavy (non-hydrogen) atoms. The number of fused-ring (bicyclic) bond motifs is 1. The van der Waals surface area contributed by atoms with Crippen molar-refractivity contribution in [3.8, 4) is 0 Å². The first-order valence-corrected chi connectivity index (χ1v) is 8.50. The minimum atomic E-state index is -0.522. The Bertz CT molecular complexity index is 865. The SMILES string of the molecule is CCc1cc2c(NCCNC(=O)c3ccccc3F)ncnc2s1. The van der Waals surface area contributed by atoms with Crippen LogP contribution in [0.15, 0.2) is 36.7 Å². The highest BCUT2D eigenvalue weighted by Gasteiger charge is 2.10. The summed E-state index contributed by atoms with van der Waals surface area (Å²) in [4.78, 5) is 22.7. The van der Waals surface area contributed by atoms with Crippen molar-refractivity contribution in [1.29, 1.82) is 0 Å². The third-order valence-electron chi connectivity index (χ3n) is 3.55. The van der Waals surface area contributed by atoms with Crippen LogP contribution in [0.25, 0.3) is 10.2 Å². The van der Waals surface area contributed by atoms with Crippen molar-refractivity contribution in [1.82, 2.24) is 15.3 Å². The van der Waals surface area contributed by atoms with Crippen LogP contribution in [0.5, 0.6) is 0 Å². The summed E-state index contributed by atoms with van der Waals surface area (Å²) in [6.45, 7) is 2.95. The molecule has 0 unspecified atom stereocenters. The summed E-state index contributed by atoms with van der Waals surface area (Å²) in [5, 5.41) is 6.87. The molecule has 0 aliphatic rings. The maximum absolute atomic E-state index is 13.5. The summed E-state index contributed by atoms with van der Waals surface area (Å²) in [6.07, 6.45) is 2.48. The number of halogens is 1. The lowest BCUT2D eigenvalue weighted by Gasteiger charge is -2.08. The lowest BCUT2D eigenvalue weighted by Crippen LogP contribution is -2.29. The number of hydrogen-bond donors (Lipinski definition) is 2. The zero-order valence-corrected chi connectivity index (χ0v) is 14.0. The predicted octanol–water partition coefficient (Wildman–Crippen LogP) is 3.23. The van der Waals surface area contributed by atoms with Crippen LogP contribution in [0, 0.1) is 5.82 Å². The number of aromatic nitrogens is 2. The van der Waals surface area contributed by atoms with Crippen LogP contribution in [0.3, 0.4) is 0 Å². The van der Waals surface area contributed by atoms with E-state index in [4.69, 9.17) is 0 Å². The van der Waals surface area contributed by atoms with Gasteiger partial charge in [-0.15, -0.1) is 11.3 Å². The highest BCUT2D eigenvalue weighted by Crippen LogP contribution is 2.28. The lowest BCUT2D eigenvalue weighted by molar-refractivity contribution is 0.0951. The van der Waals surface area contributed by atoms with Gasteiger partial charge in [0.15, 0.2) is 0 Å². The second-order valence-corrected chi connectivity index (χ2v) is 6.29. The number of carbonyl (C=O) groups is 1. The Balaban J connectivity index is 1.58. The third-order valence-corrected chi connectivity index (χ3v) is 4.74. The van der Waals surface area contributed by atoms with E-state index in [9.17, 15) is 9.18 Å². The molecule has 0 atom stereocenters. The number of rotatable bonds is 6. The first-order chi connectivity index (χ1) is 11.7. The van der Waals surface area contributed by atoms with E-state index in [-0.39, 0.29) is 5.56 Å². The topological polar surface area (TPSA) is 66.9 Å². The standard InChI is InChI=1S/C17H17FN4OS/c1-2-11-9-13-15(21-10-22-17(13)24-11)19-7-8-20-16(23)12-5-3-4-6-14(12)18/h3-6,9-10H,2,7-8H2,1H3,(H,20,23)(H,19,21,22). The normalized spacial score (nSPS) is 10.8. The zero-order chi connectivity index (χ0) is 16.9. The average molecular weight is 344 g/mol. The van der Waals surface area contributed by atoms with Gasteiger partial charge in [-0.1, -0.05) is 19.1 Å². The average Bonchev–Trinajstić information content (AvgIpc) is 3.03. The maximum Gasteiger partial charge on any atom is 0.254 e. The van der Waals surface area contributed by atoms with Gasteiger partial charge >= 0.3 is 0 Å². The molecule has 2 aromatic heterocycles. The van der Waals surface area contributed by atoms with Gasteiger partial charge in [0.1, 0.15) is 22.8 Å². The molecule has 1 aromatic carbocycles. The number of aryl methyl sites for hydroxylation is 1. The molecule has 3 aromatic rings. The number of anilines is 1. The Morgan fingerprint density at radius 3 is 2.88 bits per heavy atom. The van der Waals surface area contributed by atoms with Gasteiger partial charge in [-0.2, -0.15) is 0 Å². The second-order valence-electron chi connectivity index (χ2n) is 5.17. The van der Waals surface area contributed by atoms with Crippen LogP contribution in [-0.4, -0.2) is 29.0 Å². The Morgan fingerprint density at radius 1 is 1.25 bits per heavy atom. The Kier molecular flexibility index (Phi) is 5.00. The van der Waals surface area contributed by atoms with Gasteiger partial charge in [-0.3, -0.25) is 4.79 Å². The van der Waals surface area contributed by atoms with Crippen LogP contribution < -0.4 is 10.6 Å². The summed E-state index contributed by atoms with van der Waals surface area (Å²) in [5.41, 5.74) is 0.0485. The van der Waals surface area contributed by atoms with Gasteiger partial charge in [0.05, 0.1) is 10.9 Å². The molecule has 1 amide bonds. The molecule has 0 bridgehead atoms. The molecule has 124 valence electrons. The number of nitrogens with one attached hydrogen (secondary N) is 2. The second kappa shape index (κ2) is 7.35. The molecule has 0 aliphatic heterocycles. The molecule has 3 rings (SSSR count). The van der Waals surface area contributed by atoms with Crippen molar-refractivity contribution in [2.75, 3.05) is 18.4 Å². The van der Waals surface area contributed by atoms with E-state index in [2.05, 4.69) is 33.6 Å². The molecule has 0 saturated carbocycles. The summed E-state index contributed by atoms with van der Waals surface area (Å²) in [6, 6.07) is 8.01. The van der Waals surface area contributed by atoms with E-state index in [0.29, 0.717) is 13.1 Å². The quantitative estimate of drug-likeness (QED) is 0.674. The summed E-state index contributed by atoms with van der Waals surface area (Å²) >= 11 is 1.65. The number of benzene rings is 1. The Hall–Kier alpha value is -2.54. The summed E-state index contributed by atoms with van der Waals surface area (Å²) < 4.78 is 13.5. The van der Waals surface area contributed by atoms with Gasteiger partial charge in [0.25, 0.3) is 5.91 Å². The first-order valence-electron chi connectivity index (χ1n) is 7.69. The van der Waals surface area contributed by atoms with E-state index in [0.717, 1.165) is 22.5 Å². The van der Waals surface area contributed by atoms with Crippen LogP contribution in [-0.2, 0) is 6.42 Å². The fourth-order valence-corrected chi connectivity index (χ4v) is 3.25.